The molecule has 3 rings (SSSR count). The molecule has 0 N–H and O–H groups in total. The molecule has 0 bridgehead atoms. The standard InChI is InChI=1S/C17H13ClO/c1-19-14-9-6-13(7-10-14)16-11-8-12-4-2-3-5-15(12)17(16)18/h2-11H,1H3. The summed E-state index contributed by atoms with van der Waals surface area (Å²) in [5, 5.41) is 3.03. The number of ether oxygens (including phenoxy) is 1. The Balaban J connectivity index is 2.16. The van der Waals surface area contributed by atoms with Crippen LogP contribution >= 0.6 is 11.6 Å². The predicted octanol–water partition coefficient (Wildman–Crippen LogP) is 5.17. The van der Waals surface area contributed by atoms with E-state index in [4.69, 9.17) is 16.3 Å². The Bertz CT molecular complexity index is 717. The van der Waals surface area contributed by atoms with Gasteiger partial charge < -0.3 is 4.74 Å². The summed E-state index contributed by atoms with van der Waals surface area (Å²) in [7, 11) is 1.66. The fraction of sp³-hybridized carbons (Fsp3) is 0.0588. The summed E-state index contributed by atoms with van der Waals surface area (Å²) in [4.78, 5) is 0. The minimum atomic E-state index is 0.795. The average molecular weight is 269 g/mol. The van der Waals surface area contributed by atoms with Crippen molar-refractivity contribution in [2.75, 3.05) is 7.11 Å². The highest BCUT2D eigenvalue weighted by Crippen LogP contribution is 2.34. The molecule has 0 heterocycles. The molecule has 0 saturated carbocycles. The van der Waals surface area contributed by atoms with Gasteiger partial charge in [-0.05, 0) is 23.1 Å². The van der Waals surface area contributed by atoms with Gasteiger partial charge in [0.25, 0.3) is 0 Å². The van der Waals surface area contributed by atoms with Crippen molar-refractivity contribution >= 4 is 22.4 Å². The lowest BCUT2D eigenvalue weighted by atomic mass is 10.0. The van der Waals surface area contributed by atoms with Crippen LogP contribution in [0.5, 0.6) is 5.75 Å². The topological polar surface area (TPSA) is 9.23 Å². The van der Waals surface area contributed by atoms with Crippen LogP contribution in [0.15, 0.2) is 60.7 Å². The van der Waals surface area contributed by atoms with E-state index in [1.54, 1.807) is 7.11 Å². The predicted molar refractivity (Wildman–Crippen MR) is 80.9 cm³/mol. The zero-order valence-electron chi connectivity index (χ0n) is 10.6. The van der Waals surface area contributed by atoms with Gasteiger partial charge >= 0.3 is 0 Å². The molecule has 0 amide bonds. The van der Waals surface area contributed by atoms with Gasteiger partial charge in [0.15, 0.2) is 0 Å². The maximum absolute atomic E-state index is 6.52. The van der Waals surface area contributed by atoms with E-state index in [0.29, 0.717) is 0 Å². The molecule has 94 valence electrons. The Kier molecular flexibility index (Phi) is 3.14. The zero-order chi connectivity index (χ0) is 13.2. The van der Waals surface area contributed by atoms with Crippen molar-refractivity contribution in [3.63, 3.8) is 0 Å². The maximum Gasteiger partial charge on any atom is 0.118 e. The third-order valence-electron chi connectivity index (χ3n) is 3.26. The molecule has 0 saturated heterocycles. The normalized spacial score (nSPS) is 10.6. The lowest BCUT2D eigenvalue weighted by Gasteiger charge is -2.08. The molecule has 0 fully saturated rings. The van der Waals surface area contributed by atoms with Gasteiger partial charge in [0, 0.05) is 10.9 Å². The summed E-state index contributed by atoms with van der Waals surface area (Å²) in [5.41, 5.74) is 2.14. The molecule has 3 aromatic carbocycles. The molecule has 0 atom stereocenters. The first-order valence-electron chi connectivity index (χ1n) is 6.11. The Morgan fingerprint density at radius 3 is 2.32 bits per heavy atom. The zero-order valence-corrected chi connectivity index (χ0v) is 11.3. The third kappa shape index (κ3) is 2.18. The highest BCUT2D eigenvalue weighted by Gasteiger charge is 2.07. The first-order valence-corrected chi connectivity index (χ1v) is 6.49. The largest absolute Gasteiger partial charge is 0.497 e. The summed E-state index contributed by atoms with van der Waals surface area (Å²) in [6, 6.07) is 20.2. The van der Waals surface area contributed by atoms with Crippen molar-refractivity contribution in [1.29, 1.82) is 0 Å². The van der Waals surface area contributed by atoms with Gasteiger partial charge in [-0.1, -0.05) is 60.1 Å². The van der Waals surface area contributed by atoms with Crippen molar-refractivity contribution in [2.45, 2.75) is 0 Å². The summed E-state index contributed by atoms with van der Waals surface area (Å²) < 4.78 is 5.17. The number of hydrogen-bond acceptors (Lipinski definition) is 1. The Labute approximate surface area is 117 Å². The van der Waals surface area contributed by atoms with Gasteiger partial charge in [-0.25, -0.2) is 0 Å². The highest BCUT2D eigenvalue weighted by molar-refractivity contribution is 6.38. The van der Waals surface area contributed by atoms with E-state index in [2.05, 4.69) is 18.2 Å². The van der Waals surface area contributed by atoms with Crippen molar-refractivity contribution in [3.8, 4) is 16.9 Å². The van der Waals surface area contributed by atoms with Gasteiger partial charge in [-0.2, -0.15) is 0 Å². The number of halogens is 1. The van der Waals surface area contributed by atoms with Crippen LogP contribution in [-0.2, 0) is 0 Å². The van der Waals surface area contributed by atoms with Gasteiger partial charge in [0.1, 0.15) is 5.75 Å². The molecule has 2 heteroatoms. The van der Waals surface area contributed by atoms with Gasteiger partial charge in [0.05, 0.1) is 12.1 Å². The first kappa shape index (κ1) is 12.1. The Hall–Kier alpha value is -1.99. The van der Waals surface area contributed by atoms with E-state index >= 15 is 0 Å². The SMILES string of the molecule is COc1ccc(-c2ccc3ccccc3c2Cl)cc1. The number of benzene rings is 3. The molecule has 0 aliphatic heterocycles. The number of hydrogen-bond donors (Lipinski definition) is 0. The molecule has 3 aromatic rings. The van der Waals surface area contributed by atoms with Gasteiger partial charge in [-0.3, -0.25) is 0 Å². The van der Waals surface area contributed by atoms with E-state index in [0.717, 1.165) is 32.7 Å². The maximum atomic E-state index is 6.52. The van der Waals surface area contributed by atoms with Crippen molar-refractivity contribution in [2.24, 2.45) is 0 Å². The van der Waals surface area contributed by atoms with E-state index in [1.165, 1.54) is 0 Å². The smallest absolute Gasteiger partial charge is 0.118 e. The van der Waals surface area contributed by atoms with Crippen LogP contribution < -0.4 is 4.74 Å². The quantitative estimate of drug-likeness (QED) is 0.623. The van der Waals surface area contributed by atoms with Crippen LogP contribution in [0.1, 0.15) is 0 Å². The van der Waals surface area contributed by atoms with E-state index < -0.39 is 0 Å². The summed E-state index contributed by atoms with van der Waals surface area (Å²) in [6.45, 7) is 0. The highest BCUT2D eigenvalue weighted by atomic mass is 35.5. The molecule has 0 spiro atoms. The Morgan fingerprint density at radius 2 is 1.58 bits per heavy atom. The summed E-state index contributed by atoms with van der Waals surface area (Å²) in [5.74, 6) is 0.848. The second-order valence-electron chi connectivity index (χ2n) is 4.38. The second kappa shape index (κ2) is 4.94. The van der Waals surface area contributed by atoms with Crippen LogP contribution in [0.4, 0.5) is 0 Å². The van der Waals surface area contributed by atoms with E-state index in [1.807, 2.05) is 42.5 Å². The molecular weight excluding hydrogens is 256 g/mol. The van der Waals surface area contributed by atoms with Crippen LogP contribution in [0, 0.1) is 0 Å². The van der Waals surface area contributed by atoms with Crippen LogP contribution in [0.2, 0.25) is 5.02 Å². The van der Waals surface area contributed by atoms with Gasteiger partial charge in [0.2, 0.25) is 0 Å². The molecule has 1 nitrogen and oxygen atoms in total. The fourth-order valence-electron chi connectivity index (χ4n) is 2.23. The minimum Gasteiger partial charge on any atom is -0.497 e. The van der Waals surface area contributed by atoms with Gasteiger partial charge in [-0.15, -0.1) is 0 Å². The molecule has 0 aromatic heterocycles. The van der Waals surface area contributed by atoms with E-state index in [9.17, 15) is 0 Å². The first-order chi connectivity index (χ1) is 9.29. The van der Waals surface area contributed by atoms with Crippen LogP contribution in [-0.4, -0.2) is 7.11 Å². The van der Waals surface area contributed by atoms with E-state index in [-0.39, 0.29) is 0 Å². The van der Waals surface area contributed by atoms with Crippen molar-refractivity contribution < 1.29 is 4.74 Å². The lowest BCUT2D eigenvalue weighted by Crippen LogP contribution is -1.84. The number of methoxy groups -OCH3 is 1. The molecule has 0 aliphatic carbocycles. The number of rotatable bonds is 2. The van der Waals surface area contributed by atoms with Crippen molar-refractivity contribution in [1.82, 2.24) is 0 Å². The third-order valence-corrected chi connectivity index (χ3v) is 3.67. The molecule has 0 unspecified atom stereocenters. The van der Waals surface area contributed by atoms with Crippen molar-refractivity contribution in [3.05, 3.63) is 65.7 Å². The van der Waals surface area contributed by atoms with Crippen LogP contribution in [0.25, 0.3) is 21.9 Å². The molecule has 0 aliphatic rings. The summed E-state index contributed by atoms with van der Waals surface area (Å²) in [6.07, 6.45) is 0. The second-order valence-corrected chi connectivity index (χ2v) is 4.75. The van der Waals surface area contributed by atoms with Crippen LogP contribution in [0.3, 0.4) is 0 Å². The Morgan fingerprint density at radius 1 is 0.842 bits per heavy atom. The number of fused-ring (bicyclic) bond motifs is 1. The lowest BCUT2D eigenvalue weighted by molar-refractivity contribution is 0.415. The average Bonchev–Trinajstić information content (AvgIpc) is 2.48. The monoisotopic (exact) mass is 268 g/mol. The fourth-order valence-corrected chi connectivity index (χ4v) is 2.57. The minimum absolute atomic E-state index is 0.795. The molecular formula is C17H13ClO. The molecule has 19 heavy (non-hydrogen) atoms. The summed E-state index contributed by atoms with van der Waals surface area (Å²) >= 11 is 6.52. The molecule has 0 radical (unpaired) electrons.